The summed E-state index contributed by atoms with van der Waals surface area (Å²) in [6.07, 6.45) is 5.09. The van der Waals surface area contributed by atoms with Gasteiger partial charge in [0.05, 0.1) is 6.54 Å². The highest BCUT2D eigenvalue weighted by molar-refractivity contribution is 5.99. The summed E-state index contributed by atoms with van der Waals surface area (Å²) >= 11 is 0. The van der Waals surface area contributed by atoms with E-state index in [9.17, 15) is 9.90 Å². The van der Waals surface area contributed by atoms with Crippen LogP contribution in [0.1, 0.15) is 54.4 Å². The first kappa shape index (κ1) is 24.9. The lowest BCUT2D eigenvalue weighted by Gasteiger charge is -2.25. The molecule has 1 fully saturated rings. The van der Waals surface area contributed by atoms with Gasteiger partial charge in [0.15, 0.2) is 0 Å². The number of amides is 1. The molecule has 0 aliphatic carbocycles. The number of allylic oxidation sites excluding steroid dienone is 1. The molecule has 0 aromatic heterocycles. The van der Waals surface area contributed by atoms with Crippen LogP contribution >= 0.6 is 0 Å². The highest BCUT2D eigenvalue weighted by Crippen LogP contribution is 2.35. The summed E-state index contributed by atoms with van der Waals surface area (Å²) in [4.78, 5) is 14.8. The average Bonchev–Trinajstić information content (AvgIpc) is 2.89. The standard InChI is InChI=1S/C31H36N2O2/c1-24-12-14-26(15-13-24)31(29(11-8-22-34)25-9-4-2-5-10-25)27-16-18-28(19-17-27)32-30(35)23-33-20-6-3-7-21-33/h2,4-5,9-10,12-19,34H,3,6-8,11,20-23H2,1H3,(H,32,35)/b31-29-. The maximum Gasteiger partial charge on any atom is 0.238 e. The van der Waals surface area contributed by atoms with E-state index in [4.69, 9.17) is 0 Å². The zero-order valence-corrected chi connectivity index (χ0v) is 20.7. The number of hydrogen-bond acceptors (Lipinski definition) is 3. The van der Waals surface area contributed by atoms with Gasteiger partial charge in [-0.15, -0.1) is 0 Å². The van der Waals surface area contributed by atoms with Crippen LogP contribution in [0.2, 0.25) is 0 Å². The molecule has 4 nitrogen and oxygen atoms in total. The third-order valence-electron chi connectivity index (χ3n) is 6.62. The Balaban J connectivity index is 1.65. The number of rotatable bonds is 9. The Morgan fingerprint density at radius 3 is 2.09 bits per heavy atom. The molecule has 2 N–H and O–H groups in total. The highest BCUT2D eigenvalue weighted by Gasteiger charge is 2.16. The van der Waals surface area contributed by atoms with Crippen molar-refractivity contribution in [1.29, 1.82) is 0 Å². The van der Waals surface area contributed by atoms with Crippen LogP contribution in [0, 0.1) is 6.92 Å². The molecule has 1 aliphatic rings. The molecule has 3 aromatic carbocycles. The Morgan fingerprint density at radius 1 is 0.829 bits per heavy atom. The minimum absolute atomic E-state index is 0.0434. The van der Waals surface area contributed by atoms with E-state index in [0.717, 1.165) is 47.5 Å². The number of carbonyl (C=O) groups is 1. The van der Waals surface area contributed by atoms with Gasteiger partial charge in [-0.05, 0) is 85.7 Å². The molecule has 0 atom stereocenters. The molecule has 4 rings (SSSR count). The number of nitrogens with one attached hydrogen (secondary N) is 1. The fourth-order valence-corrected chi connectivity index (χ4v) is 4.79. The lowest BCUT2D eigenvalue weighted by molar-refractivity contribution is -0.117. The van der Waals surface area contributed by atoms with E-state index in [1.54, 1.807) is 0 Å². The van der Waals surface area contributed by atoms with Gasteiger partial charge in [0, 0.05) is 12.3 Å². The Labute approximate surface area is 209 Å². The topological polar surface area (TPSA) is 52.6 Å². The molecule has 4 heteroatoms. The summed E-state index contributed by atoms with van der Waals surface area (Å²) in [5.74, 6) is 0.0434. The molecule has 1 saturated heterocycles. The molecule has 0 saturated carbocycles. The first-order valence-corrected chi connectivity index (χ1v) is 12.7. The Hall–Kier alpha value is -3.21. The van der Waals surface area contributed by atoms with Crippen LogP contribution in [0.4, 0.5) is 5.69 Å². The summed E-state index contributed by atoms with van der Waals surface area (Å²) in [5.41, 5.74) is 7.82. The summed E-state index contributed by atoms with van der Waals surface area (Å²) in [5, 5.41) is 12.7. The number of aryl methyl sites for hydroxylation is 1. The Kier molecular flexibility index (Phi) is 8.88. The van der Waals surface area contributed by atoms with Crippen LogP contribution in [0.15, 0.2) is 78.9 Å². The molecule has 0 unspecified atom stereocenters. The van der Waals surface area contributed by atoms with Gasteiger partial charge in [0.2, 0.25) is 5.91 Å². The Bertz CT molecular complexity index is 1110. The number of aliphatic hydroxyl groups is 1. The van der Waals surface area contributed by atoms with E-state index in [2.05, 4.69) is 77.8 Å². The van der Waals surface area contributed by atoms with E-state index in [-0.39, 0.29) is 12.5 Å². The van der Waals surface area contributed by atoms with E-state index in [1.807, 2.05) is 18.2 Å². The zero-order valence-electron chi connectivity index (χ0n) is 20.7. The molecule has 1 aliphatic heterocycles. The fraction of sp³-hybridized carbons (Fsp3) is 0.323. The van der Waals surface area contributed by atoms with Crippen LogP contribution in [0.3, 0.4) is 0 Å². The number of carbonyl (C=O) groups excluding carboxylic acids is 1. The molecule has 0 bridgehead atoms. The molecule has 3 aromatic rings. The van der Waals surface area contributed by atoms with Crippen molar-refractivity contribution in [3.63, 3.8) is 0 Å². The second kappa shape index (κ2) is 12.5. The van der Waals surface area contributed by atoms with Crippen LogP contribution in [-0.4, -0.2) is 42.2 Å². The van der Waals surface area contributed by atoms with Crippen LogP contribution in [0.5, 0.6) is 0 Å². The number of aliphatic hydroxyl groups excluding tert-OH is 1. The molecular weight excluding hydrogens is 432 g/mol. The predicted octanol–water partition coefficient (Wildman–Crippen LogP) is 6.15. The number of anilines is 1. The smallest absolute Gasteiger partial charge is 0.238 e. The van der Waals surface area contributed by atoms with Gasteiger partial charge in [-0.2, -0.15) is 0 Å². The number of likely N-dealkylation sites (tertiary alicyclic amines) is 1. The van der Waals surface area contributed by atoms with E-state index in [0.29, 0.717) is 13.0 Å². The first-order chi connectivity index (χ1) is 17.1. The van der Waals surface area contributed by atoms with Crippen molar-refractivity contribution >= 4 is 22.7 Å². The summed E-state index contributed by atoms with van der Waals surface area (Å²) in [7, 11) is 0. The van der Waals surface area contributed by atoms with Gasteiger partial charge in [-0.25, -0.2) is 0 Å². The molecule has 35 heavy (non-hydrogen) atoms. The van der Waals surface area contributed by atoms with Gasteiger partial charge in [0.25, 0.3) is 0 Å². The monoisotopic (exact) mass is 468 g/mol. The number of hydrogen-bond donors (Lipinski definition) is 2. The molecule has 1 amide bonds. The lowest BCUT2D eigenvalue weighted by Crippen LogP contribution is -2.36. The molecule has 0 spiro atoms. The van der Waals surface area contributed by atoms with E-state index in [1.165, 1.54) is 30.4 Å². The zero-order chi connectivity index (χ0) is 24.5. The van der Waals surface area contributed by atoms with Crippen molar-refractivity contribution in [3.8, 4) is 0 Å². The van der Waals surface area contributed by atoms with E-state index < -0.39 is 0 Å². The third-order valence-corrected chi connectivity index (χ3v) is 6.62. The predicted molar refractivity (Wildman–Crippen MR) is 145 cm³/mol. The van der Waals surface area contributed by atoms with Crippen molar-refractivity contribution in [1.82, 2.24) is 4.90 Å². The van der Waals surface area contributed by atoms with Crippen molar-refractivity contribution in [2.24, 2.45) is 0 Å². The van der Waals surface area contributed by atoms with Crippen LogP contribution < -0.4 is 5.32 Å². The van der Waals surface area contributed by atoms with Crippen LogP contribution in [-0.2, 0) is 4.79 Å². The maximum atomic E-state index is 12.6. The van der Waals surface area contributed by atoms with E-state index >= 15 is 0 Å². The van der Waals surface area contributed by atoms with Crippen molar-refractivity contribution in [3.05, 3.63) is 101 Å². The van der Waals surface area contributed by atoms with Crippen molar-refractivity contribution in [2.75, 3.05) is 31.6 Å². The first-order valence-electron chi connectivity index (χ1n) is 12.7. The number of piperidine rings is 1. The minimum atomic E-state index is 0.0434. The van der Waals surface area contributed by atoms with Gasteiger partial charge >= 0.3 is 0 Å². The second-order valence-corrected chi connectivity index (χ2v) is 9.38. The van der Waals surface area contributed by atoms with Gasteiger partial charge in [0.1, 0.15) is 0 Å². The van der Waals surface area contributed by atoms with Gasteiger partial charge < -0.3 is 10.4 Å². The fourth-order valence-electron chi connectivity index (χ4n) is 4.79. The average molecular weight is 469 g/mol. The second-order valence-electron chi connectivity index (χ2n) is 9.38. The Morgan fingerprint density at radius 2 is 1.46 bits per heavy atom. The normalized spacial score (nSPS) is 14.9. The SMILES string of the molecule is Cc1ccc(/C(=C(\CCCO)c2ccccc2)c2ccc(NC(=O)CN3CCCCC3)cc2)cc1. The molecular formula is C31H36N2O2. The molecule has 182 valence electrons. The van der Waals surface area contributed by atoms with Gasteiger partial charge in [-0.1, -0.05) is 78.7 Å². The third kappa shape index (κ3) is 6.91. The molecule has 1 heterocycles. The highest BCUT2D eigenvalue weighted by atomic mass is 16.2. The maximum absolute atomic E-state index is 12.6. The van der Waals surface area contributed by atoms with Crippen molar-refractivity contribution in [2.45, 2.75) is 39.0 Å². The summed E-state index contributed by atoms with van der Waals surface area (Å²) in [6, 6.07) is 27.2. The quantitative estimate of drug-likeness (QED) is 0.370. The largest absolute Gasteiger partial charge is 0.396 e. The lowest BCUT2D eigenvalue weighted by atomic mass is 9.87. The molecule has 0 radical (unpaired) electrons. The summed E-state index contributed by atoms with van der Waals surface area (Å²) in [6.45, 7) is 4.72. The van der Waals surface area contributed by atoms with Crippen molar-refractivity contribution < 1.29 is 9.90 Å². The minimum Gasteiger partial charge on any atom is -0.396 e. The summed E-state index contributed by atoms with van der Waals surface area (Å²) < 4.78 is 0. The number of nitrogens with zero attached hydrogens (tertiary/aromatic N) is 1. The van der Waals surface area contributed by atoms with Gasteiger partial charge in [-0.3, -0.25) is 9.69 Å². The number of benzene rings is 3. The van der Waals surface area contributed by atoms with Crippen LogP contribution in [0.25, 0.3) is 11.1 Å².